The zero-order valence-electron chi connectivity index (χ0n) is 6.99. The molecule has 0 radical (unpaired) electrons. The number of hydrogen-bond donors (Lipinski definition) is 0. The van der Waals surface area contributed by atoms with Crippen molar-refractivity contribution in [2.45, 2.75) is 0 Å². The van der Waals surface area contributed by atoms with Crippen molar-refractivity contribution < 1.29 is 98.2 Å². The fourth-order valence-electron chi connectivity index (χ4n) is 0.181. The molecule has 16 heavy (non-hydrogen) atoms. The molecular formula is CH4Mg2Na2O9S2. The zero-order valence-corrected chi connectivity index (χ0v) is 12.6. The summed E-state index contributed by atoms with van der Waals surface area (Å²) in [7, 11) is -10.8. The van der Waals surface area contributed by atoms with Gasteiger partial charge in [0.2, 0.25) is 0 Å². The Bertz CT molecular complexity index is 336. The Morgan fingerprint density at radius 3 is 1.12 bits per heavy atom. The van der Waals surface area contributed by atoms with Gasteiger partial charge >= 0.3 is 111 Å². The Labute approximate surface area is 168 Å². The number of carbonyl (C=O) groups is 1. The first-order chi connectivity index (χ1) is 5.10. The van der Waals surface area contributed by atoms with E-state index in [1.54, 1.807) is 0 Å². The van der Waals surface area contributed by atoms with E-state index in [1.165, 1.54) is 0 Å². The van der Waals surface area contributed by atoms with E-state index in [0.29, 0.717) is 0 Å². The van der Waals surface area contributed by atoms with E-state index in [-0.39, 0.29) is 105 Å². The topological polar surface area (TPSA) is 150 Å². The van der Waals surface area contributed by atoms with Gasteiger partial charge in [-0.3, -0.25) is 0 Å². The number of rotatable bonds is 2. The van der Waals surface area contributed by atoms with E-state index >= 15 is 0 Å². The molecule has 0 amide bonds. The molecule has 9 nitrogen and oxygen atoms in total. The van der Waals surface area contributed by atoms with Crippen LogP contribution in [0.3, 0.4) is 0 Å². The average molecular weight is 319 g/mol. The second-order valence-electron chi connectivity index (χ2n) is 1.23. The van der Waals surface area contributed by atoms with Crippen LogP contribution >= 0.6 is 0 Å². The molecular weight excluding hydrogens is 315 g/mol. The Morgan fingerprint density at radius 1 is 0.812 bits per heavy atom. The molecule has 0 aliphatic rings. The first-order valence-corrected chi connectivity index (χ1v) is 4.61. The van der Waals surface area contributed by atoms with E-state index in [9.17, 15) is 30.7 Å². The Kier molecular flexibility index (Phi) is 24.6. The van der Waals surface area contributed by atoms with Crippen LogP contribution in [-0.2, 0) is 29.2 Å². The molecule has 15 heteroatoms. The minimum Gasteiger partial charge on any atom is -0.716 e. The fraction of sp³-hybridized carbons (Fsp3) is 0. The van der Waals surface area contributed by atoms with E-state index in [2.05, 4.69) is 8.37 Å². The Morgan fingerprint density at radius 2 is 1.00 bits per heavy atom. The molecule has 0 heterocycles. The summed E-state index contributed by atoms with van der Waals surface area (Å²) in [5.41, 5.74) is 0. The van der Waals surface area contributed by atoms with Gasteiger partial charge in [-0.15, -0.1) is 0 Å². The van der Waals surface area contributed by atoms with Gasteiger partial charge in [0.15, 0.2) is 0 Å². The van der Waals surface area contributed by atoms with Crippen molar-refractivity contribution in [2.24, 2.45) is 0 Å². The van der Waals surface area contributed by atoms with Crippen molar-refractivity contribution >= 4 is 73.1 Å². The first kappa shape index (κ1) is 31.2. The number of hydrogen-bond acceptors (Lipinski definition) is 9. The molecule has 0 rings (SSSR count). The van der Waals surface area contributed by atoms with Crippen LogP contribution in [0.15, 0.2) is 0 Å². The van der Waals surface area contributed by atoms with Gasteiger partial charge in [-0.05, 0) is 0 Å². The summed E-state index contributed by atoms with van der Waals surface area (Å²) in [6.07, 6.45) is -2.42. The quantitative estimate of drug-likeness (QED) is 0.274. The minimum atomic E-state index is -5.42. The van der Waals surface area contributed by atoms with Crippen LogP contribution in [0.1, 0.15) is 0 Å². The van der Waals surface area contributed by atoms with Gasteiger partial charge in [-0.25, -0.2) is 21.6 Å². The molecule has 0 aromatic rings. The maximum atomic E-state index is 9.87. The summed E-state index contributed by atoms with van der Waals surface area (Å²) in [5, 5.41) is 0. The SMILES string of the molecule is O=C(OS(=O)(=O)[O-])OS(=O)(=O)[O-].[MgH2].[MgH2].[Na+].[Na+]. The van der Waals surface area contributed by atoms with E-state index in [1.807, 2.05) is 0 Å². The summed E-state index contributed by atoms with van der Waals surface area (Å²) in [5.74, 6) is 0. The van der Waals surface area contributed by atoms with Crippen molar-refractivity contribution in [3.8, 4) is 0 Å². The summed E-state index contributed by atoms with van der Waals surface area (Å²) >= 11 is 0. The Hall–Kier alpha value is 2.62. The van der Waals surface area contributed by atoms with Crippen molar-refractivity contribution in [1.29, 1.82) is 0 Å². The van der Waals surface area contributed by atoms with Gasteiger partial charge < -0.3 is 17.5 Å². The van der Waals surface area contributed by atoms with Gasteiger partial charge in [0, 0.05) is 0 Å². The molecule has 0 bridgehead atoms. The van der Waals surface area contributed by atoms with Crippen molar-refractivity contribution in [1.82, 2.24) is 0 Å². The molecule has 0 atom stereocenters. The predicted molar refractivity (Wildman–Crippen MR) is 44.0 cm³/mol. The van der Waals surface area contributed by atoms with Crippen LogP contribution in [0, 0.1) is 0 Å². The number of carbonyl (C=O) groups excluding carboxylic acids is 1. The van der Waals surface area contributed by atoms with Crippen LogP contribution in [0.2, 0.25) is 0 Å². The summed E-state index contributed by atoms with van der Waals surface area (Å²) < 4.78 is 62.9. The van der Waals surface area contributed by atoms with E-state index < -0.39 is 27.0 Å². The van der Waals surface area contributed by atoms with Crippen molar-refractivity contribution in [2.75, 3.05) is 0 Å². The van der Waals surface area contributed by atoms with Crippen LogP contribution in [0.4, 0.5) is 4.79 Å². The third kappa shape index (κ3) is 25.5. The van der Waals surface area contributed by atoms with Crippen LogP contribution in [0.25, 0.3) is 0 Å². The molecule has 80 valence electrons. The molecule has 0 aliphatic carbocycles. The van der Waals surface area contributed by atoms with Crippen molar-refractivity contribution in [3.63, 3.8) is 0 Å². The third-order valence-electron chi connectivity index (χ3n) is 0.340. The maximum Gasteiger partial charge on any atom is 1.00 e. The third-order valence-corrected chi connectivity index (χ3v) is 1.02. The predicted octanol–water partition coefficient (Wildman–Crippen LogP) is -9.76. The van der Waals surface area contributed by atoms with E-state index in [4.69, 9.17) is 0 Å². The fourth-order valence-corrected chi connectivity index (χ4v) is 0.625. The van der Waals surface area contributed by atoms with Gasteiger partial charge in [-0.2, -0.15) is 0 Å². The molecule has 0 aliphatic heterocycles. The minimum absolute atomic E-state index is 0. The van der Waals surface area contributed by atoms with Gasteiger partial charge in [0.25, 0.3) is 20.8 Å². The second kappa shape index (κ2) is 12.6. The van der Waals surface area contributed by atoms with Gasteiger partial charge in [0.1, 0.15) is 0 Å². The summed E-state index contributed by atoms with van der Waals surface area (Å²) in [6.45, 7) is 0. The largest absolute Gasteiger partial charge is 1.00 e. The van der Waals surface area contributed by atoms with Gasteiger partial charge in [0.05, 0.1) is 0 Å². The van der Waals surface area contributed by atoms with E-state index in [0.717, 1.165) is 0 Å². The van der Waals surface area contributed by atoms with Crippen molar-refractivity contribution in [3.05, 3.63) is 0 Å². The zero-order chi connectivity index (χ0) is 9.99. The van der Waals surface area contributed by atoms with Crippen LogP contribution in [0.5, 0.6) is 0 Å². The molecule has 0 aromatic carbocycles. The first-order valence-electron chi connectivity index (χ1n) is 1.95. The van der Waals surface area contributed by atoms with Gasteiger partial charge in [-0.1, -0.05) is 0 Å². The average Bonchev–Trinajstić information content (AvgIpc) is 1.49. The molecule has 0 saturated carbocycles. The Balaban J connectivity index is -0.000000101. The molecule has 0 saturated heterocycles. The molecule has 0 aromatic heterocycles. The summed E-state index contributed by atoms with van der Waals surface area (Å²) in [6, 6.07) is 0. The van der Waals surface area contributed by atoms with Crippen LogP contribution < -0.4 is 59.1 Å². The molecule has 0 spiro atoms. The monoisotopic (exact) mass is 318 g/mol. The second-order valence-corrected chi connectivity index (χ2v) is 3.20. The molecule has 0 unspecified atom stereocenters. The normalized spacial score (nSPS) is 9.12. The molecule has 0 fully saturated rings. The van der Waals surface area contributed by atoms with Crippen LogP contribution in [-0.4, -0.2) is 78.2 Å². The standard InChI is InChI=1S/CH2O9S2.2Mg.2Na.4H/c2-1(9-11(3,4)5)10-12(6,7)8;;;;;;;;/h(H,3,4,5)(H,6,7,8);;;;;;;;/q;;;2*+1;;;;/p-2. The molecule has 0 N–H and O–H groups in total. The smallest absolute Gasteiger partial charge is 0.716 e. The summed E-state index contributed by atoms with van der Waals surface area (Å²) in [4.78, 5) is 9.87. The maximum absolute atomic E-state index is 9.87.